The first kappa shape index (κ1) is 27.0. The van der Waals surface area contributed by atoms with Crippen molar-refractivity contribution in [3.63, 3.8) is 0 Å². The molecule has 4 aromatic rings. The number of carbonyl (C=O) groups excluding carboxylic acids is 2. The number of carboxylic acid groups (broad SMARTS) is 1. The molecule has 0 spiro atoms. The van der Waals surface area contributed by atoms with Crippen LogP contribution in [0.25, 0.3) is 10.8 Å². The van der Waals surface area contributed by atoms with Gasteiger partial charge in [-0.05, 0) is 53.4 Å². The van der Waals surface area contributed by atoms with Gasteiger partial charge in [0.15, 0.2) is 0 Å². The SMILES string of the molecule is O=C(O)Cc1cnc(Cc2ccc(NC(=O)c3ccc4ccccc4c3)cc2)nc1CNCC(=O)N1CCCC1. The van der Waals surface area contributed by atoms with E-state index in [2.05, 4.69) is 20.6 Å². The zero-order valence-corrected chi connectivity index (χ0v) is 22.1. The summed E-state index contributed by atoms with van der Waals surface area (Å²) in [5.74, 6) is -0.563. The summed E-state index contributed by atoms with van der Waals surface area (Å²) >= 11 is 0. The van der Waals surface area contributed by atoms with Gasteiger partial charge in [0.2, 0.25) is 5.91 Å². The number of hydrogen-bond acceptors (Lipinski definition) is 6. The summed E-state index contributed by atoms with van der Waals surface area (Å²) in [7, 11) is 0. The maximum Gasteiger partial charge on any atom is 0.307 e. The fourth-order valence-corrected chi connectivity index (χ4v) is 4.82. The molecule has 0 saturated carbocycles. The number of amides is 2. The lowest BCUT2D eigenvalue weighted by Gasteiger charge is -2.16. The van der Waals surface area contributed by atoms with E-state index in [1.165, 1.54) is 0 Å². The Hall–Kier alpha value is -4.63. The third kappa shape index (κ3) is 6.86. The number of rotatable bonds is 10. The third-order valence-electron chi connectivity index (χ3n) is 6.96. The van der Waals surface area contributed by atoms with Gasteiger partial charge in [-0.3, -0.25) is 14.4 Å². The molecule has 1 aliphatic heterocycles. The summed E-state index contributed by atoms with van der Waals surface area (Å²) in [6.07, 6.45) is 3.85. The molecule has 1 fully saturated rings. The van der Waals surface area contributed by atoms with Gasteiger partial charge in [0.05, 0.1) is 18.7 Å². The third-order valence-corrected chi connectivity index (χ3v) is 6.96. The van der Waals surface area contributed by atoms with Crippen molar-refractivity contribution >= 4 is 34.2 Å². The van der Waals surface area contributed by atoms with E-state index >= 15 is 0 Å². The normalized spacial score (nSPS) is 12.9. The van der Waals surface area contributed by atoms with Gasteiger partial charge < -0.3 is 20.6 Å². The topological polar surface area (TPSA) is 125 Å². The number of aliphatic carboxylic acids is 1. The Balaban J connectivity index is 1.22. The zero-order chi connectivity index (χ0) is 27.9. The largest absolute Gasteiger partial charge is 0.481 e. The number of fused-ring (bicyclic) bond motifs is 1. The van der Waals surface area contributed by atoms with Crippen LogP contribution in [-0.4, -0.2) is 57.4 Å². The predicted octanol–water partition coefficient (Wildman–Crippen LogP) is 3.81. The summed E-state index contributed by atoms with van der Waals surface area (Å²) < 4.78 is 0. The van der Waals surface area contributed by atoms with Crippen molar-refractivity contribution in [1.29, 1.82) is 0 Å². The Labute approximate surface area is 232 Å². The molecule has 0 unspecified atom stereocenters. The fourth-order valence-electron chi connectivity index (χ4n) is 4.82. The first-order valence-electron chi connectivity index (χ1n) is 13.4. The van der Waals surface area contributed by atoms with Crippen LogP contribution in [-0.2, 0) is 29.0 Å². The molecule has 2 heterocycles. The Morgan fingerprint density at radius 1 is 0.925 bits per heavy atom. The molecule has 1 aliphatic rings. The predicted molar refractivity (Wildman–Crippen MR) is 152 cm³/mol. The van der Waals surface area contributed by atoms with Crippen molar-refractivity contribution in [2.24, 2.45) is 0 Å². The molecular formula is C31H31N5O4. The Morgan fingerprint density at radius 3 is 2.42 bits per heavy atom. The van der Waals surface area contributed by atoms with Crippen LogP contribution in [0.15, 0.2) is 72.9 Å². The molecule has 204 valence electrons. The summed E-state index contributed by atoms with van der Waals surface area (Å²) in [5.41, 5.74) is 3.29. The van der Waals surface area contributed by atoms with E-state index < -0.39 is 5.97 Å². The van der Waals surface area contributed by atoms with Gasteiger partial charge in [-0.15, -0.1) is 0 Å². The fraction of sp³-hybridized carbons (Fsp3) is 0.258. The van der Waals surface area contributed by atoms with Crippen LogP contribution in [0.1, 0.15) is 45.8 Å². The minimum atomic E-state index is -0.966. The van der Waals surface area contributed by atoms with E-state index in [4.69, 9.17) is 0 Å². The average molecular weight is 538 g/mol. The lowest BCUT2D eigenvalue weighted by atomic mass is 10.1. The van der Waals surface area contributed by atoms with Crippen LogP contribution < -0.4 is 10.6 Å². The van der Waals surface area contributed by atoms with Gasteiger partial charge in [0, 0.05) is 49.1 Å². The lowest BCUT2D eigenvalue weighted by molar-refractivity contribution is -0.136. The molecule has 2 amide bonds. The molecule has 3 aromatic carbocycles. The lowest BCUT2D eigenvalue weighted by Crippen LogP contribution is -2.36. The molecule has 0 aliphatic carbocycles. The molecule has 1 saturated heterocycles. The molecule has 0 bridgehead atoms. The van der Waals surface area contributed by atoms with E-state index in [-0.39, 0.29) is 31.3 Å². The standard InChI is InChI=1S/C31H31N5O4/c37-29(36-13-3-4-14-36)20-32-19-27-25(17-30(38)39)18-33-28(35-27)15-21-7-11-26(12-8-21)34-31(40)24-10-9-22-5-1-2-6-23(22)16-24/h1-2,5-12,16,18,32H,3-4,13-15,17,19-20H2,(H,34,40)(H,38,39). The molecular weight excluding hydrogens is 506 g/mol. The maximum atomic E-state index is 12.8. The molecule has 9 nitrogen and oxygen atoms in total. The van der Waals surface area contributed by atoms with Crippen molar-refractivity contribution < 1.29 is 19.5 Å². The van der Waals surface area contributed by atoms with Crippen LogP contribution in [0.3, 0.4) is 0 Å². The second kappa shape index (κ2) is 12.5. The van der Waals surface area contributed by atoms with E-state index in [0.29, 0.717) is 34.8 Å². The number of anilines is 1. The van der Waals surface area contributed by atoms with Crippen LogP contribution in [0.2, 0.25) is 0 Å². The van der Waals surface area contributed by atoms with Gasteiger partial charge in [0.25, 0.3) is 5.91 Å². The number of nitrogens with zero attached hydrogens (tertiary/aromatic N) is 3. The number of carbonyl (C=O) groups is 3. The van der Waals surface area contributed by atoms with E-state index in [0.717, 1.165) is 42.3 Å². The minimum absolute atomic E-state index is 0.0411. The Kier molecular flexibility index (Phi) is 8.41. The first-order valence-corrected chi connectivity index (χ1v) is 13.4. The molecule has 3 N–H and O–H groups in total. The quantitative estimate of drug-likeness (QED) is 0.281. The zero-order valence-electron chi connectivity index (χ0n) is 22.1. The molecule has 9 heteroatoms. The number of hydrogen-bond donors (Lipinski definition) is 3. The molecule has 40 heavy (non-hydrogen) atoms. The number of likely N-dealkylation sites (tertiary alicyclic amines) is 1. The van der Waals surface area contributed by atoms with E-state index in [1.807, 2.05) is 71.6 Å². The van der Waals surface area contributed by atoms with Gasteiger partial charge in [0.1, 0.15) is 5.82 Å². The number of aromatic nitrogens is 2. The van der Waals surface area contributed by atoms with Crippen molar-refractivity contribution in [3.05, 3.63) is 101 Å². The summed E-state index contributed by atoms with van der Waals surface area (Å²) in [6.45, 7) is 2.03. The number of nitrogens with one attached hydrogen (secondary N) is 2. The highest BCUT2D eigenvalue weighted by atomic mass is 16.4. The van der Waals surface area contributed by atoms with Crippen molar-refractivity contribution in [3.8, 4) is 0 Å². The van der Waals surface area contributed by atoms with Crippen molar-refractivity contribution in [2.45, 2.75) is 32.2 Å². The van der Waals surface area contributed by atoms with E-state index in [9.17, 15) is 19.5 Å². The highest BCUT2D eigenvalue weighted by molar-refractivity contribution is 6.06. The van der Waals surface area contributed by atoms with Crippen molar-refractivity contribution in [1.82, 2.24) is 20.2 Å². The first-order chi connectivity index (χ1) is 19.4. The number of carboxylic acids is 1. The second-order valence-corrected chi connectivity index (χ2v) is 9.91. The van der Waals surface area contributed by atoms with Crippen molar-refractivity contribution in [2.75, 3.05) is 25.0 Å². The highest BCUT2D eigenvalue weighted by Gasteiger charge is 2.18. The smallest absolute Gasteiger partial charge is 0.307 e. The van der Waals surface area contributed by atoms with Crippen LogP contribution in [0.4, 0.5) is 5.69 Å². The maximum absolute atomic E-state index is 12.8. The van der Waals surface area contributed by atoms with E-state index in [1.54, 1.807) is 6.20 Å². The number of benzene rings is 3. The van der Waals surface area contributed by atoms with Gasteiger partial charge >= 0.3 is 5.97 Å². The average Bonchev–Trinajstić information content (AvgIpc) is 3.50. The molecule has 0 atom stereocenters. The highest BCUT2D eigenvalue weighted by Crippen LogP contribution is 2.18. The summed E-state index contributed by atoms with van der Waals surface area (Å²) in [4.78, 5) is 47.3. The minimum Gasteiger partial charge on any atom is -0.481 e. The van der Waals surface area contributed by atoms with Gasteiger partial charge in [-0.25, -0.2) is 9.97 Å². The Morgan fingerprint density at radius 2 is 1.68 bits per heavy atom. The molecule has 0 radical (unpaired) electrons. The summed E-state index contributed by atoms with van der Waals surface area (Å²) in [6, 6.07) is 21.0. The van der Waals surface area contributed by atoms with Crippen LogP contribution in [0.5, 0.6) is 0 Å². The van der Waals surface area contributed by atoms with Crippen LogP contribution in [0, 0.1) is 0 Å². The monoisotopic (exact) mass is 537 g/mol. The second-order valence-electron chi connectivity index (χ2n) is 9.91. The summed E-state index contributed by atoms with van der Waals surface area (Å²) in [5, 5.41) is 17.4. The Bertz CT molecular complexity index is 1530. The molecule has 5 rings (SSSR count). The van der Waals surface area contributed by atoms with Gasteiger partial charge in [-0.2, -0.15) is 0 Å². The van der Waals surface area contributed by atoms with Gasteiger partial charge in [-0.1, -0.05) is 42.5 Å². The molecule has 1 aromatic heterocycles. The van der Waals surface area contributed by atoms with Crippen LogP contribution >= 0.6 is 0 Å².